The zero-order valence-corrected chi connectivity index (χ0v) is 19.5. The van der Waals surface area contributed by atoms with Gasteiger partial charge in [0.2, 0.25) is 0 Å². The SMILES string of the molecule is N.N.N.N.O=c1[nH]ncc2ccccc12.c1ccc2[nH]ccc2c1.c1ccc2c(c1)CCCN2. The Hall–Kier alpha value is -4.02. The molecule has 182 valence electrons. The van der Waals surface area contributed by atoms with Gasteiger partial charge < -0.3 is 34.9 Å². The topological polar surface area (TPSA) is 214 Å². The van der Waals surface area contributed by atoms with E-state index in [1.807, 2.05) is 36.5 Å². The number of anilines is 1. The zero-order chi connectivity index (χ0) is 20.6. The van der Waals surface area contributed by atoms with Crippen molar-refractivity contribution in [3.8, 4) is 0 Å². The summed E-state index contributed by atoms with van der Waals surface area (Å²) in [5, 5.41) is 12.2. The summed E-state index contributed by atoms with van der Waals surface area (Å²) in [5.74, 6) is 0. The van der Waals surface area contributed by atoms with Crippen LogP contribution in [0.3, 0.4) is 0 Å². The number of benzene rings is 3. The second-order valence-electron chi connectivity index (χ2n) is 7.04. The molecule has 0 spiro atoms. The molecule has 0 bridgehead atoms. The molecule has 9 nitrogen and oxygen atoms in total. The highest BCUT2D eigenvalue weighted by molar-refractivity contribution is 5.80. The van der Waals surface area contributed by atoms with Crippen LogP contribution >= 0.6 is 0 Å². The van der Waals surface area contributed by atoms with Crippen LogP contribution in [0.4, 0.5) is 5.69 Å². The molecule has 34 heavy (non-hydrogen) atoms. The molecule has 6 rings (SSSR count). The summed E-state index contributed by atoms with van der Waals surface area (Å²) in [5.41, 5.74) is 3.86. The fourth-order valence-electron chi connectivity index (χ4n) is 3.44. The molecule has 0 unspecified atom stereocenters. The summed E-state index contributed by atoms with van der Waals surface area (Å²) in [6.45, 7) is 1.14. The molecular formula is C25H36N8O. The number of H-pyrrole nitrogens is 2. The van der Waals surface area contributed by atoms with E-state index >= 15 is 0 Å². The van der Waals surface area contributed by atoms with Gasteiger partial charge in [0.15, 0.2) is 0 Å². The number of hydrogen-bond acceptors (Lipinski definition) is 7. The summed E-state index contributed by atoms with van der Waals surface area (Å²) in [6, 6.07) is 26.2. The first-order valence-electron chi connectivity index (χ1n) is 10.1. The van der Waals surface area contributed by atoms with Crippen LogP contribution in [0.25, 0.3) is 21.7 Å². The first kappa shape index (κ1) is 30.0. The van der Waals surface area contributed by atoms with Crippen LogP contribution in [0.2, 0.25) is 0 Å². The Morgan fingerprint density at radius 1 is 0.735 bits per heavy atom. The zero-order valence-electron chi connectivity index (χ0n) is 19.5. The van der Waals surface area contributed by atoms with Gasteiger partial charge in [0.05, 0.1) is 6.20 Å². The van der Waals surface area contributed by atoms with Crippen molar-refractivity contribution in [2.24, 2.45) is 0 Å². The molecule has 0 radical (unpaired) electrons. The van der Waals surface area contributed by atoms with Gasteiger partial charge in [-0.1, -0.05) is 54.6 Å². The second-order valence-corrected chi connectivity index (χ2v) is 7.04. The van der Waals surface area contributed by atoms with Crippen molar-refractivity contribution in [1.29, 1.82) is 0 Å². The number of fused-ring (bicyclic) bond motifs is 3. The summed E-state index contributed by atoms with van der Waals surface area (Å²) in [4.78, 5) is 14.2. The molecule has 5 aromatic rings. The van der Waals surface area contributed by atoms with E-state index < -0.39 is 0 Å². The third-order valence-electron chi connectivity index (χ3n) is 4.99. The first-order chi connectivity index (χ1) is 14.8. The standard InChI is InChI=1S/C9H11N.C8H6N2O.C8H7N.4H3N/c1-2-6-9-8(4-1)5-3-7-10-9;11-8-7-4-2-1-3-6(7)5-9-10-8;1-2-4-8-7(3-1)5-6-9-8;;;;/h1-2,4,6,10H,3,5,7H2;1-5H,(H,10,11);1-6,9H;4*1H3. The number of nitrogens with zero attached hydrogens (tertiary/aromatic N) is 1. The average molecular weight is 465 g/mol. The van der Waals surface area contributed by atoms with Crippen LogP contribution in [0.15, 0.2) is 96.1 Å². The summed E-state index contributed by atoms with van der Waals surface area (Å²) in [6.07, 6.45) is 6.10. The molecule has 1 aliphatic rings. The minimum Gasteiger partial charge on any atom is -0.385 e. The van der Waals surface area contributed by atoms with Gasteiger partial charge in [0, 0.05) is 34.7 Å². The van der Waals surface area contributed by atoms with Crippen LogP contribution in [0, 0.1) is 0 Å². The number of aromatic amines is 2. The van der Waals surface area contributed by atoms with Crippen molar-refractivity contribution in [2.45, 2.75) is 12.8 Å². The maximum absolute atomic E-state index is 11.1. The van der Waals surface area contributed by atoms with E-state index in [0.717, 1.165) is 11.9 Å². The number of nitrogens with one attached hydrogen (secondary N) is 3. The lowest BCUT2D eigenvalue weighted by molar-refractivity contribution is 0.830. The molecule has 3 heterocycles. The van der Waals surface area contributed by atoms with Gasteiger partial charge in [-0.25, -0.2) is 5.10 Å². The molecule has 0 amide bonds. The van der Waals surface area contributed by atoms with Gasteiger partial charge in [0.1, 0.15) is 0 Å². The highest BCUT2D eigenvalue weighted by atomic mass is 16.1. The van der Waals surface area contributed by atoms with E-state index in [1.165, 1.54) is 35.0 Å². The fraction of sp³-hybridized carbons (Fsp3) is 0.120. The summed E-state index contributed by atoms with van der Waals surface area (Å²) >= 11 is 0. The molecule has 0 aliphatic carbocycles. The minimum absolute atomic E-state index is 0. The van der Waals surface area contributed by atoms with Crippen LogP contribution < -0.4 is 35.5 Å². The van der Waals surface area contributed by atoms with Crippen LogP contribution in [0.1, 0.15) is 12.0 Å². The normalized spacial score (nSPS) is 10.6. The van der Waals surface area contributed by atoms with Crippen molar-refractivity contribution in [3.63, 3.8) is 0 Å². The van der Waals surface area contributed by atoms with Crippen molar-refractivity contribution in [2.75, 3.05) is 11.9 Å². The van der Waals surface area contributed by atoms with Crippen molar-refractivity contribution >= 4 is 27.4 Å². The Kier molecular flexibility index (Phi) is 13.2. The van der Waals surface area contributed by atoms with Crippen LogP contribution in [-0.2, 0) is 6.42 Å². The minimum atomic E-state index is -0.136. The quantitative estimate of drug-likeness (QED) is 0.150. The number of para-hydroxylation sites is 2. The number of hydrogen-bond donors (Lipinski definition) is 7. The van der Waals surface area contributed by atoms with Crippen molar-refractivity contribution in [1.82, 2.24) is 39.8 Å². The lowest BCUT2D eigenvalue weighted by Crippen LogP contribution is -2.10. The van der Waals surface area contributed by atoms with E-state index in [2.05, 4.69) is 63.0 Å². The van der Waals surface area contributed by atoms with Gasteiger partial charge in [-0.05, 0) is 48.1 Å². The van der Waals surface area contributed by atoms with E-state index in [9.17, 15) is 4.79 Å². The highest BCUT2D eigenvalue weighted by Crippen LogP contribution is 2.20. The van der Waals surface area contributed by atoms with Crippen LogP contribution in [0.5, 0.6) is 0 Å². The van der Waals surface area contributed by atoms with E-state index in [0.29, 0.717) is 5.39 Å². The largest absolute Gasteiger partial charge is 0.385 e. The highest BCUT2D eigenvalue weighted by Gasteiger charge is 2.04. The number of rotatable bonds is 0. The van der Waals surface area contributed by atoms with E-state index in [-0.39, 0.29) is 30.2 Å². The Morgan fingerprint density at radius 3 is 2.15 bits per heavy atom. The summed E-state index contributed by atoms with van der Waals surface area (Å²) in [7, 11) is 0. The Morgan fingerprint density at radius 2 is 1.41 bits per heavy atom. The van der Waals surface area contributed by atoms with Crippen molar-refractivity contribution < 1.29 is 0 Å². The fourth-order valence-corrected chi connectivity index (χ4v) is 3.44. The molecular weight excluding hydrogens is 428 g/mol. The second kappa shape index (κ2) is 14.9. The lowest BCUT2D eigenvalue weighted by atomic mass is 10.0. The Labute approximate surface area is 199 Å². The molecule has 3 aromatic carbocycles. The average Bonchev–Trinajstić information content (AvgIpc) is 3.30. The molecule has 0 saturated carbocycles. The molecule has 2 aromatic heterocycles. The predicted molar refractivity (Wildman–Crippen MR) is 144 cm³/mol. The molecule has 0 fully saturated rings. The number of aromatic nitrogens is 3. The van der Waals surface area contributed by atoms with Gasteiger partial charge in [-0.2, -0.15) is 5.10 Å². The van der Waals surface area contributed by atoms with Crippen LogP contribution in [-0.4, -0.2) is 21.7 Å². The predicted octanol–water partition coefficient (Wildman–Crippen LogP) is 5.78. The van der Waals surface area contributed by atoms with Gasteiger partial charge >= 0.3 is 0 Å². The molecule has 0 saturated heterocycles. The molecule has 1 aliphatic heterocycles. The third-order valence-corrected chi connectivity index (χ3v) is 4.99. The lowest BCUT2D eigenvalue weighted by Gasteiger charge is -2.16. The molecule has 0 atom stereocenters. The van der Waals surface area contributed by atoms with Gasteiger partial charge in [-0.3, -0.25) is 4.79 Å². The maximum Gasteiger partial charge on any atom is 0.272 e. The van der Waals surface area contributed by atoms with Crippen molar-refractivity contribution in [3.05, 3.63) is 107 Å². The molecule has 15 N–H and O–H groups in total. The Bertz CT molecular complexity index is 1240. The van der Waals surface area contributed by atoms with E-state index in [1.54, 1.807) is 12.3 Å². The number of aryl methyl sites for hydroxylation is 1. The smallest absolute Gasteiger partial charge is 0.272 e. The maximum atomic E-state index is 11.1. The monoisotopic (exact) mass is 464 g/mol. The summed E-state index contributed by atoms with van der Waals surface area (Å²) < 4.78 is 0. The molecule has 9 heteroatoms. The first-order valence-corrected chi connectivity index (χ1v) is 10.1. The van der Waals surface area contributed by atoms with E-state index in [4.69, 9.17) is 0 Å². The third kappa shape index (κ3) is 7.54. The Balaban J connectivity index is 0.000000455. The van der Waals surface area contributed by atoms with Gasteiger partial charge in [-0.15, -0.1) is 0 Å². The van der Waals surface area contributed by atoms with Gasteiger partial charge in [0.25, 0.3) is 5.56 Å².